The smallest absolute Gasteiger partial charge is 0.327 e. The number of aliphatic carboxylic acids is 1. The number of amides is 1. The zero-order valence-corrected chi connectivity index (χ0v) is 9.93. The largest absolute Gasteiger partial charge is 0.480 e. The third kappa shape index (κ3) is 3.25. The summed E-state index contributed by atoms with van der Waals surface area (Å²) in [5, 5.41) is 11.7. The Morgan fingerprint density at radius 1 is 1.56 bits per heavy atom. The summed E-state index contributed by atoms with van der Waals surface area (Å²) in [6.07, 6.45) is 5.18. The molecule has 0 heterocycles. The number of rotatable bonds is 5. The van der Waals surface area contributed by atoms with E-state index in [0.717, 1.165) is 0 Å². The monoisotopic (exact) mass is 246 g/mol. The molecule has 1 aromatic carbocycles. The molecule has 0 spiro atoms. The van der Waals surface area contributed by atoms with E-state index in [4.69, 9.17) is 17.3 Å². The second-order valence-corrected chi connectivity index (χ2v) is 3.84. The molecule has 1 rings (SSSR count). The first-order chi connectivity index (χ1) is 8.45. The molecule has 1 atom stereocenters. The maximum absolute atomic E-state index is 11.0. The van der Waals surface area contributed by atoms with Gasteiger partial charge >= 0.3 is 5.97 Å². The number of hydrogen-bond acceptors (Lipinski definition) is 3. The van der Waals surface area contributed by atoms with Crippen LogP contribution in [0.15, 0.2) is 18.2 Å². The normalized spacial score (nSPS) is 11.3. The van der Waals surface area contributed by atoms with Crippen molar-refractivity contribution in [3.8, 4) is 12.3 Å². The van der Waals surface area contributed by atoms with Crippen molar-refractivity contribution in [2.75, 3.05) is 5.32 Å². The molecule has 0 aliphatic heterocycles. The number of benzene rings is 1. The standard InChI is InChI=1S/C13H14N2O3/c1-3-4-11(13(17)18)15-9-5-6-10(12(14)16)8(2)7-9/h1,5-7,11,15H,4H2,2H3,(H2,14,16)(H,17,18). The molecule has 1 amide bonds. The van der Waals surface area contributed by atoms with Gasteiger partial charge in [0, 0.05) is 17.7 Å². The lowest BCUT2D eigenvalue weighted by molar-refractivity contribution is -0.137. The summed E-state index contributed by atoms with van der Waals surface area (Å²) in [6, 6.07) is 3.95. The van der Waals surface area contributed by atoms with Crippen LogP contribution < -0.4 is 11.1 Å². The van der Waals surface area contributed by atoms with E-state index in [2.05, 4.69) is 11.2 Å². The molecule has 0 fully saturated rings. The Kier molecular flexibility index (Phi) is 4.33. The molecule has 0 radical (unpaired) electrons. The summed E-state index contributed by atoms with van der Waals surface area (Å²) in [4.78, 5) is 22.0. The number of carbonyl (C=O) groups excluding carboxylic acids is 1. The van der Waals surface area contributed by atoms with Gasteiger partial charge in [-0.15, -0.1) is 12.3 Å². The van der Waals surface area contributed by atoms with E-state index in [1.54, 1.807) is 25.1 Å². The van der Waals surface area contributed by atoms with Crippen molar-refractivity contribution in [2.45, 2.75) is 19.4 Å². The van der Waals surface area contributed by atoms with Crippen molar-refractivity contribution in [1.82, 2.24) is 0 Å². The van der Waals surface area contributed by atoms with Gasteiger partial charge in [0.25, 0.3) is 0 Å². The topological polar surface area (TPSA) is 92.4 Å². The maximum Gasteiger partial charge on any atom is 0.327 e. The van der Waals surface area contributed by atoms with E-state index < -0.39 is 17.9 Å². The van der Waals surface area contributed by atoms with Gasteiger partial charge in [-0.3, -0.25) is 4.79 Å². The second kappa shape index (κ2) is 5.73. The number of anilines is 1. The fraction of sp³-hybridized carbons (Fsp3) is 0.231. The summed E-state index contributed by atoms with van der Waals surface area (Å²) >= 11 is 0. The predicted molar refractivity (Wildman–Crippen MR) is 68.2 cm³/mol. The number of terminal acetylenes is 1. The number of carboxylic acids is 1. The van der Waals surface area contributed by atoms with Crippen molar-refractivity contribution in [1.29, 1.82) is 0 Å². The molecule has 0 aromatic heterocycles. The lowest BCUT2D eigenvalue weighted by atomic mass is 10.1. The Hall–Kier alpha value is -2.48. The van der Waals surface area contributed by atoms with E-state index in [1.807, 2.05) is 0 Å². The molecule has 1 aromatic rings. The third-order valence-electron chi connectivity index (χ3n) is 2.45. The molecule has 0 bridgehead atoms. The second-order valence-electron chi connectivity index (χ2n) is 3.84. The van der Waals surface area contributed by atoms with Crippen LogP contribution in [-0.2, 0) is 4.79 Å². The lowest BCUT2D eigenvalue weighted by Gasteiger charge is -2.14. The highest BCUT2D eigenvalue weighted by atomic mass is 16.4. The summed E-state index contributed by atoms with van der Waals surface area (Å²) in [7, 11) is 0. The van der Waals surface area contributed by atoms with Gasteiger partial charge in [-0.2, -0.15) is 0 Å². The predicted octanol–water partition coefficient (Wildman–Crippen LogP) is 0.982. The minimum Gasteiger partial charge on any atom is -0.480 e. The molecule has 0 saturated carbocycles. The molecule has 4 N–H and O–H groups in total. The van der Waals surface area contributed by atoms with Gasteiger partial charge in [-0.1, -0.05) is 0 Å². The van der Waals surface area contributed by atoms with Gasteiger partial charge in [0.05, 0.1) is 0 Å². The van der Waals surface area contributed by atoms with Crippen LogP contribution in [0.2, 0.25) is 0 Å². The van der Waals surface area contributed by atoms with Crippen molar-refractivity contribution in [3.05, 3.63) is 29.3 Å². The highest BCUT2D eigenvalue weighted by Crippen LogP contribution is 2.16. The zero-order chi connectivity index (χ0) is 13.7. The Balaban J connectivity index is 2.92. The third-order valence-corrected chi connectivity index (χ3v) is 2.45. The molecular weight excluding hydrogens is 232 g/mol. The lowest BCUT2D eigenvalue weighted by Crippen LogP contribution is -2.28. The summed E-state index contributed by atoms with van der Waals surface area (Å²) in [5.74, 6) is 0.756. The summed E-state index contributed by atoms with van der Waals surface area (Å²) in [6.45, 7) is 1.72. The number of carboxylic acid groups (broad SMARTS) is 1. The van der Waals surface area contributed by atoms with Gasteiger partial charge < -0.3 is 16.2 Å². The van der Waals surface area contributed by atoms with E-state index in [9.17, 15) is 9.59 Å². The molecular formula is C13H14N2O3. The zero-order valence-electron chi connectivity index (χ0n) is 9.93. The van der Waals surface area contributed by atoms with Gasteiger partial charge in [-0.25, -0.2) is 4.79 Å². The SMILES string of the molecule is C#CCC(Nc1ccc(C(N)=O)c(C)c1)C(=O)O. The number of primary amides is 1. The molecule has 0 aliphatic carbocycles. The van der Waals surface area contributed by atoms with Gasteiger partial charge in [0.15, 0.2) is 0 Å². The summed E-state index contributed by atoms with van der Waals surface area (Å²) in [5.41, 5.74) is 6.85. The van der Waals surface area contributed by atoms with Crippen molar-refractivity contribution in [2.24, 2.45) is 5.73 Å². The average Bonchev–Trinajstić information content (AvgIpc) is 2.27. The van der Waals surface area contributed by atoms with Crippen LogP contribution in [0.3, 0.4) is 0 Å². The van der Waals surface area contributed by atoms with E-state index in [-0.39, 0.29) is 6.42 Å². The van der Waals surface area contributed by atoms with Gasteiger partial charge in [0.2, 0.25) is 5.91 Å². The van der Waals surface area contributed by atoms with E-state index in [1.165, 1.54) is 0 Å². The van der Waals surface area contributed by atoms with Crippen LogP contribution in [0.4, 0.5) is 5.69 Å². The molecule has 94 valence electrons. The van der Waals surface area contributed by atoms with E-state index in [0.29, 0.717) is 16.8 Å². The van der Waals surface area contributed by atoms with Crippen LogP contribution in [0.1, 0.15) is 22.3 Å². The van der Waals surface area contributed by atoms with Crippen molar-refractivity contribution >= 4 is 17.6 Å². The van der Waals surface area contributed by atoms with Gasteiger partial charge in [-0.05, 0) is 30.7 Å². The van der Waals surface area contributed by atoms with E-state index >= 15 is 0 Å². The molecule has 1 unspecified atom stereocenters. The Morgan fingerprint density at radius 2 is 2.22 bits per heavy atom. The minimum atomic E-state index is -1.02. The van der Waals surface area contributed by atoms with Crippen LogP contribution in [0, 0.1) is 19.3 Å². The number of nitrogens with two attached hydrogens (primary N) is 1. The quantitative estimate of drug-likeness (QED) is 0.675. The fourth-order valence-corrected chi connectivity index (χ4v) is 1.55. The highest BCUT2D eigenvalue weighted by Gasteiger charge is 2.16. The first-order valence-electron chi connectivity index (χ1n) is 5.29. The molecule has 0 aliphatic rings. The van der Waals surface area contributed by atoms with Crippen LogP contribution in [0.5, 0.6) is 0 Å². The number of nitrogens with one attached hydrogen (secondary N) is 1. The first-order valence-corrected chi connectivity index (χ1v) is 5.29. The number of carbonyl (C=O) groups is 2. The molecule has 0 saturated heterocycles. The number of aryl methyl sites for hydroxylation is 1. The average molecular weight is 246 g/mol. The molecule has 18 heavy (non-hydrogen) atoms. The molecule has 5 nitrogen and oxygen atoms in total. The minimum absolute atomic E-state index is 0.0753. The molecule has 5 heteroatoms. The Morgan fingerprint density at radius 3 is 2.67 bits per heavy atom. The Bertz CT molecular complexity index is 517. The van der Waals surface area contributed by atoms with Gasteiger partial charge in [0.1, 0.15) is 6.04 Å². The van der Waals surface area contributed by atoms with Crippen LogP contribution in [-0.4, -0.2) is 23.0 Å². The first kappa shape index (κ1) is 13.6. The number of hydrogen-bond donors (Lipinski definition) is 3. The highest BCUT2D eigenvalue weighted by molar-refractivity contribution is 5.94. The van der Waals surface area contributed by atoms with Crippen molar-refractivity contribution in [3.63, 3.8) is 0 Å². The van der Waals surface area contributed by atoms with Crippen LogP contribution in [0.25, 0.3) is 0 Å². The fourth-order valence-electron chi connectivity index (χ4n) is 1.55. The van der Waals surface area contributed by atoms with Crippen molar-refractivity contribution < 1.29 is 14.7 Å². The van der Waals surface area contributed by atoms with Crippen LogP contribution >= 0.6 is 0 Å². The summed E-state index contributed by atoms with van der Waals surface area (Å²) < 4.78 is 0. The maximum atomic E-state index is 11.0. The Labute approximate surface area is 105 Å².